The Kier molecular flexibility index (Phi) is 5.60. The predicted octanol–water partition coefficient (Wildman–Crippen LogP) is 1.00. The van der Waals surface area contributed by atoms with Crippen molar-refractivity contribution < 1.29 is 31.1 Å². The van der Waals surface area contributed by atoms with Crippen molar-refractivity contribution in [3.63, 3.8) is 0 Å². The lowest BCUT2D eigenvalue weighted by atomic mass is 10.2. The molecule has 0 N–H and O–H groups in total. The normalized spacial score (nSPS) is 25.9. The van der Waals surface area contributed by atoms with E-state index in [1.165, 1.54) is 14.2 Å². The number of nitrogens with zero attached hydrogens (tertiary/aromatic N) is 1. The highest BCUT2D eigenvalue weighted by Crippen LogP contribution is 2.27. The van der Waals surface area contributed by atoms with Gasteiger partial charge in [-0.1, -0.05) is 0 Å². The minimum Gasteiger partial charge on any atom is -0.383 e. The second-order valence-corrected chi connectivity index (χ2v) is 6.49. The van der Waals surface area contributed by atoms with Gasteiger partial charge in [0, 0.05) is 20.8 Å². The van der Waals surface area contributed by atoms with Crippen LogP contribution in [0.4, 0.5) is 13.2 Å². The van der Waals surface area contributed by atoms with Crippen LogP contribution >= 0.6 is 0 Å². The monoisotopic (exact) mass is 305 g/mol. The first-order valence-electron chi connectivity index (χ1n) is 5.77. The van der Waals surface area contributed by atoms with E-state index in [0.29, 0.717) is 6.42 Å². The van der Waals surface area contributed by atoms with Crippen LogP contribution in [-0.4, -0.2) is 64.2 Å². The van der Waals surface area contributed by atoms with Gasteiger partial charge in [-0.3, -0.25) is 0 Å². The molecule has 0 bridgehead atoms. The third kappa shape index (κ3) is 4.90. The number of sulfonamides is 1. The molecule has 0 saturated carbocycles. The highest BCUT2D eigenvalue weighted by Gasteiger charge is 2.41. The quantitative estimate of drug-likeness (QED) is 0.735. The Bertz CT molecular complexity index is 385. The van der Waals surface area contributed by atoms with Gasteiger partial charge in [0.15, 0.2) is 0 Å². The summed E-state index contributed by atoms with van der Waals surface area (Å²) in [6.07, 6.45) is -5.70. The van der Waals surface area contributed by atoms with Crippen molar-refractivity contribution in [2.45, 2.75) is 31.2 Å². The van der Waals surface area contributed by atoms with E-state index < -0.39 is 34.4 Å². The lowest BCUT2D eigenvalue weighted by molar-refractivity contribution is -0.130. The molecule has 1 rings (SSSR count). The molecule has 1 aliphatic rings. The molecule has 0 aliphatic carbocycles. The first-order chi connectivity index (χ1) is 8.69. The van der Waals surface area contributed by atoms with Crippen molar-refractivity contribution in [2.75, 3.05) is 33.1 Å². The van der Waals surface area contributed by atoms with Crippen LogP contribution in [0.5, 0.6) is 0 Å². The van der Waals surface area contributed by atoms with Gasteiger partial charge < -0.3 is 9.47 Å². The largest absolute Gasteiger partial charge is 0.390 e. The molecule has 0 amide bonds. The summed E-state index contributed by atoms with van der Waals surface area (Å²) in [5, 5.41) is 0. The molecule has 0 aromatic rings. The molecule has 0 radical (unpaired) electrons. The van der Waals surface area contributed by atoms with E-state index in [2.05, 4.69) is 0 Å². The van der Waals surface area contributed by atoms with Gasteiger partial charge in [-0.15, -0.1) is 0 Å². The summed E-state index contributed by atoms with van der Waals surface area (Å²) < 4.78 is 71.3. The molecule has 0 aromatic heterocycles. The molecule has 5 nitrogen and oxygen atoms in total. The number of methoxy groups -OCH3 is 2. The van der Waals surface area contributed by atoms with Gasteiger partial charge in [0.2, 0.25) is 10.0 Å². The van der Waals surface area contributed by atoms with Crippen LogP contribution < -0.4 is 0 Å². The van der Waals surface area contributed by atoms with Crippen LogP contribution in [-0.2, 0) is 19.5 Å². The Morgan fingerprint density at radius 2 is 1.95 bits per heavy atom. The Labute approximate surface area is 110 Å². The maximum atomic E-state index is 12.1. The molecule has 0 spiro atoms. The van der Waals surface area contributed by atoms with E-state index in [0.717, 1.165) is 4.31 Å². The van der Waals surface area contributed by atoms with Crippen molar-refractivity contribution in [2.24, 2.45) is 0 Å². The van der Waals surface area contributed by atoms with E-state index >= 15 is 0 Å². The zero-order chi connectivity index (χ0) is 14.7. The fourth-order valence-electron chi connectivity index (χ4n) is 2.06. The second-order valence-electron chi connectivity index (χ2n) is 4.45. The number of ether oxygens (including phenoxy) is 2. The van der Waals surface area contributed by atoms with Crippen LogP contribution in [0.25, 0.3) is 0 Å². The number of hydrogen-bond acceptors (Lipinski definition) is 4. The summed E-state index contributed by atoms with van der Waals surface area (Å²) in [5.74, 6) is -0.937. The lowest BCUT2D eigenvalue weighted by Crippen LogP contribution is -2.40. The lowest BCUT2D eigenvalue weighted by Gasteiger charge is -2.23. The smallest absolute Gasteiger partial charge is 0.383 e. The van der Waals surface area contributed by atoms with E-state index in [4.69, 9.17) is 9.47 Å². The van der Waals surface area contributed by atoms with Gasteiger partial charge in [0.25, 0.3) is 0 Å². The average molecular weight is 305 g/mol. The standard InChI is InChI=1S/C10H18F3NO4S/c1-17-7-8-5-9(18-2)6-14(8)19(15,16)4-3-10(11,12)13/h8-9H,3-7H2,1-2H3/t8-,9-/m0/s1. The molecule has 1 heterocycles. The first kappa shape index (κ1) is 16.7. The molecule has 19 heavy (non-hydrogen) atoms. The van der Waals surface area contributed by atoms with E-state index in [-0.39, 0.29) is 19.3 Å². The topological polar surface area (TPSA) is 55.8 Å². The van der Waals surface area contributed by atoms with Crippen LogP contribution in [0.1, 0.15) is 12.8 Å². The van der Waals surface area contributed by atoms with Gasteiger partial charge >= 0.3 is 6.18 Å². The van der Waals surface area contributed by atoms with Gasteiger partial charge in [-0.05, 0) is 6.42 Å². The van der Waals surface area contributed by atoms with Crippen molar-refractivity contribution >= 4 is 10.0 Å². The van der Waals surface area contributed by atoms with Crippen molar-refractivity contribution in [3.8, 4) is 0 Å². The molecule has 1 saturated heterocycles. The fourth-order valence-corrected chi connectivity index (χ4v) is 3.78. The highest BCUT2D eigenvalue weighted by molar-refractivity contribution is 7.89. The highest BCUT2D eigenvalue weighted by atomic mass is 32.2. The molecular formula is C10H18F3NO4S. The van der Waals surface area contributed by atoms with Crippen LogP contribution in [0.15, 0.2) is 0 Å². The SMILES string of the molecule is COC[C@@H]1C[C@H](OC)CN1S(=O)(=O)CCC(F)(F)F. The third-order valence-corrected chi connectivity index (χ3v) is 4.90. The Morgan fingerprint density at radius 3 is 2.42 bits per heavy atom. The second kappa shape index (κ2) is 6.38. The minimum absolute atomic E-state index is 0.0741. The third-order valence-electron chi connectivity index (χ3n) is 3.02. The van der Waals surface area contributed by atoms with E-state index in [9.17, 15) is 21.6 Å². The minimum atomic E-state index is -4.48. The summed E-state index contributed by atoms with van der Waals surface area (Å²) in [4.78, 5) is 0. The molecule has 2 atom stereocenters. The van der Waals surface area contributed by atoms with Crippen LogP contribution in [0, 0.1) is 0 Å². The number of rotatable bonds is 6. The zero-order valence-corrected chi connectivity index (χ0v) is 11.6. The van der Waals surface area contributed by atoms with Gasteiger partial charge in [0.1, 0.15) is 0 Å². The maximum absolute atomic E-state index is 12.1. The summed E-state index contributed by atoms with van der Waals surface area (Å²) >= 11 is 0. The molecule has 1 aliphatic heterocycles. The van der Waals surface area contributed by atoms with E-state index in [1.807, 2.05) is 0 Å². The molecule has 0 aromatic carbocycles. The van der Waals surface area contributed by atoms with Gasteiger partial charge in [-0.25, -0.2) is 8.42 Å². The Hall–Kier alpha value is -0.380. The molecular weight excluding hydrogens is 287 g/mol. The van der Waals surface area contributed by atoms with Crippen molar-refractivity contribution in [1.29, 1.82) is 0 Å². The molecule has 114 valence electrons. The predicted molar refractivity (Wildman–Crippen MR) is 62.2 cm³/mol. The van der Waals surface area contributed by atoms with Crippen LogP contribution in [0.3, 0.4) is 0 Å². The van der Waals surface area contributed by atoms with Crippen molar-refractivity contribution in [1.82, 2.24) is 4.31 Å². The van der Waals surface area contributed by atoms with Crippen molar-refractivity contribution in [3.05, 3.63) is 0 Å². The summed E-state index contributed by atoms with van der Waals surface area (Å²) in [6, 6.07) is -0.465. The summed E-state index contributed by atoms with van der Waals surface area (Å²) in [7, 11) is -1.09. The maximum Gasteiger partial charge on any atom is 0.390 e. The average Bonchev–Trinajstić information content (AvgIpc) is 2.70. The van der Waals surface area contributed by atoms with E-state index in [1.54, 1.807) is 0 Å². The van der Waals surface area contributed by atoms with Gasteiger partial charge in [-0.2, -0.15) is 17.5 Å². The number of alkyl halides is 3. The Morgan fingerprint density at radius 1 is 1.32 bits per heavy atom. The number of hydrogen-bond donors (Lipinski definition) is 0. The summed E-state index contributed by atoms with van der Waals surface area (Å²) in [5.41, 5.74) is 0. The zero-order valence-electron chi connectivity index (χ0n) is 10.8. The number of halogens is 3. The molecule has 9 heteroatoms. The molecule has 0 unspecified atom stereocenters. The Balaban J connectivity index is 2.74. The summed E-state index contributed by atoms with van der Waals surface area (Å²) in [6.45, 7) is 0.218. The molecule has 1 fully saturated rings. The fraction of sp³-hybridized carbons (Fsp3) is 1.00. The first-order valence-corrected chi connectivity index (χ1v) is 7.38. The van der Waals surface area contributed by atoms with Crippen LogP contribution in [0.2, 0.25) is 0 Å². The van der Waals surface area contributed by atoms with Gasteiger partial charge in [0.05, 0.1) is 30.9 Å².